The van der Waals surface area contributed by atoms with Crippen LogP contribution >= 0.6 is 0 Å². The lowest BCUT2D eigenvalue weighted by Crippen LogP contribution is -2.28. The van der Waals surface area contributed by atoms with E-state index in [0.717, 1.165) is 11.4 Å². The SMILES string of the molecule is CC1(C)c2ccccc2-c2ccc(-c3ccc4c(c3N(c3ccccc3)c3ccc(-c5ccccc5)cc3)C3(c5ccccc5-c5ccccc53)c3ccccc3-4)cc21. The number of benzene rings is 9. The van der Waals surface area contributed by atoms with Crippen LogP contribution in [0.25, 0.3) is 55.6 Å². The molecule has 0 amide bonds. The summed E-state index contributed by atoms with van der Waals surface area (Å²) >= 11 is 0. The van der Waals surface area contributed by atoms with Crippen LogP contribution in [0.5, 0.6) is 0 Å². The third-order valence-corrected chi connectivity index (χ3v) is 13.5. The van der Waals surface area contributed by atoms with Crippen molar-refractivity contribution in [1.29, 1.82) is 0 Å². The Hall–Kier alpha value is -7.22. The molecule has 0 bridgehead atoms. The van der Waals surface area contributed by atoms with Crippen LogP contribution in [-0.2, 0) is 10.8 Å². The topological polar surface area (TPSA) is 3.24 Å². The Bertz CT molecular complexity index is 3050. The Morgan fingerprint density at radius 3 is 1.32 bits per heavy atom. The van der Waals surface area contributed by atoms with E-state index in [1.807, 2.05) is 0 Å². The number of rotatable bonds is 5. The molecule has 1 nitrogen and oxygen atoms in total. The van der Waals surface area contributed by atoms with Crippen molar-refractivity contribution in [3.63, 3.8) is 0 Å². The minimum Gasteiger partial charge on any atom is -0.310 e. The highest BCUT2D eigenvalue weighted by molar-refractivity contribution is 6.04. The number of hydrogen-bond acceptors (Lipinski definition) is 1. The van der Waals surface area contributed by atoms with E-state index >= 15 is 0 Å². The lowest BCUT2D eigenvalue weighted by Gasteiger charge is -2.37. The van der Waals surface area contributed by atoms with Gasteiger partial charge in [-0.2, -0.15) is 0 Å². The van der Waals surface area contributed by atoms with Crippen LogP contribution in [0.4, 0.5) is 17.1 Å². The van der Waals surface area contributed by atoms with E-state index in [1.165, 1.54) is 94.7 Å². The molecule has 1 heteroatoms. The van der Waals surface area contributed by atoms with Gasteiger partial charge >= 0.3 is 0 Å². The molecule has 9 aromatic carbocycles. The van der Waals surface area contributed by atoms with Crippen molar-refractivity contribution in [3.8, 4) is 55.6 Å². The molecule has 3 aliphatic rings. The van der Waals surface area contributed by atoms with E-state index < -0.39 is 5.41 Å². The monoisotopic (exact) mass is 751 g/mol. The highest BCUT2D eigenvalue weighted by Gasteiger charge is 2.54. The molecule has 0 saturated heterocycles. The molecule has 12 rings (SSSR count). The lowest BCUT2D eigenvalue weighted by molar-refractivity contribution is 0.660. The fraction of sp³-hybridized carbons (Fsp3) is 0.0690. The third-order valence-electron chi connectivity index (χ3n) is 13.5. The molecule has 3 aliphatic carbocycles. The molecule has 0 fully saturated rings. The first-order valence-electron chi connectivity index (χ1n) is 20.8. The average Bonchev–Trinajstić information content (AvgIpc) is 3.86. The van der Waals surface area contributed by atoms with Crippen LogP contribution in [0.1, 0.15) is 47.2 Å². The summed E-state index contributed by atoms with van der Waals surface area (Å²) in [5.74, 6) is 0. The Morgan fingerprint density at radius 1 is 0.305 bits per heavy atom. The second-order valence-corrected chi connectivity index (χ2v) is 16.8. The van der Waals surface area contributed by atoms with Crippen LogP contribution in [0.2, 0.25) is 0 Å². The van der Waals surface area contributed by atoms with Gasteiger partial charge in [0.15, 0.2) is 0 Å². The van der Waals surface area contributed by atoms with Gasteiger partial charge in [-0.05, 0) is 108 Å². The van der Waals surface area contributed by atoms with Crippen molar-refractivity contribution in [2.75, 3.05) is 4.90 Å². The van der Waals surface area contributed by atoms with Crippen molar-refractivity contribution in [3.05, 3.63) is 246 Å². The Balaban J connectivity index is 1.21. The van der Waals surface area contributed by atoms with Gasteiger partial charge in [-0.25, -0.2) is 0 Å². The molecule has 0 heterocycles. The zero-order valence-corrected chi connectivity index (χ0v) is 33.2. The summed E-state index contributed by atoms with van der Waals surface area (Å²) in [7, 11) is 0. The van der Waals surface area contributed by atoms with Crippen molar-refractivity contribution < 1.29 is 0 Å². The predicted octanol–water partition coefficient (Wildman–Crippen LogP) is 15.1. The maximum absolute atomic E-state index is 2.55. The molecule has 0 radical (unpaired) electrons. The number of para-hydroxylation sites is 1. The van der Waals surface area contributed by atoms with E-state index in [-0.39, 0.29) is 5.41 Å². The fourth-order valence-electron chi connectivity index (χ4n) is 10.9. The van der Waals surface area contributed by atoms with Crippen molar-refractivity contribution in [1.82, 2.24) is 0 Å². The Labute approximate surface area is 346 Å². The van der Waals surface area contributed by atoms with Gasteiger partial charge in [-0.1, -0.05) is 196 Å². The Kier molecular flexibility index (Phi) is 7.26. The molecule has 1 spiro atoms. The maximum Gasteiger partial charge on any atom is 0.0746 e. The predicted molar refractivity (Wildman–Crippen MR) is 246 cm³/mol. The number of fused-ring (bicyclic) bond motifs is 13. The highest BCUT2D eigenvalue weighted by Crippen LogP contribution is 2.66. The number of anilines is 3. The summed E-state index contributed by atoms with van der Waals surface area (Å²) in [6.45, 7) is 4.77. The standard InChI is InChI=1S/C58H41N/c1-57(2)50-25-13-9-21-44(50)48-34-31-40(37-54(48)57)43-35-36-49-47-24-12-16-28-53(47)58(51-26-14-10-22-45(51)46-23-11-15-27-52(46)58)55(49)56(43)59(41-19-7-4-8-20-41)42-32-29-39(30-33-42)38-17-5-3-6-18-38/h3-37H,1-2H3. The minimum atomic E-state index is -0.548. The fourth-order valence-corrected chi connectivity index (χ4v) is 10.9. The van der Waals surface area contributed by atoms with Crippen molar-refractivity contribution in [2.45, 2.75) is 24.7 Å². The molecular weight excluding hydrogens is 711 g/mol. The van der Waals surface area contributed by atoms with Crippen molar-refractivity contribution >= 4 is 17.1 Å². The van der Waals surface area contributed by atoms with E-state index in [0.29, 0.717) is 0 Å². The third kappa shape index (κ3) is 4.67. The van der Waals surface area contributed by atoms with Gasteiger partial charge in [-0.15, -0.1) is 0 Å². The van der Waals surface area contributed by atoms with E-state index in [1.54, 1.807) is 0 Å². The summed E-state index contributed by atoms with van der Waals surface area (Å²) in [6, 6.07) is 79.3. The zero-order valence-electron chi connectivity index (χ0n) is 33.2. The number of hydrogen-bond donors (Lipinski definition) is 0. The molecular formula is C58H41N. The maximum atomic E-state index is 2.55. The quantitative estimate of drug-likeness (QED) is 0.169. The van der Waals surface area contributed by atoms with Gasteiger partial charge < -0.3 is 4.90 Å². The molecule has 0 N–H and O–H groups in total. The largest absolute Gasteiger partial charge is 0.310 e. The molecule has 0 saturated carbocycles. The van der Waals surface area contributed by atoms with Gasteiger partial charge in [0.1, 0.15) is 0 Å². The summed E-state index contributed by atoms with van der Waals surface area (Å²) in [5, 5.41) is 0. The van der Waals surface area contributed by atoms with Crippen LogP contribution in [0, 0.1) is 0 Å². The van der Waals surface area contributed by atoms with Gasteiger partial charge in [0, 0.05) is 27.9 Å². The average molecular weight is 752 g/mol. The summed E-state index contributed by atoms with van der Waals surface area (Å²) in [5.41, 5.74) is 23.5. The van der Waals surface area contributed by atoms with E-state index in [4.69, 9.17) is 0 Å². The van der Waals surface area contributed by atoms with Gasteiger partial charge in [0.25, 0.3) is 0 Å². The minimum absolute atomic E-state index is 0.133. The molecule has 0 unspecified atom stereocenters. The molecule has 59 heavy (non-hydrogen) atoms. The summed E-state index contributed by atoms with van der Waals surface area (Å²) < 4.78 is 0. The first-order valence-corrected chi connectivity index (χ1v) is 20.8. The van der Waals surface area contributed by atoms with Crippen LogP contribution < -0.4 is 4.90 Å². The number of nitrogens with zero attached hydrogens (tertiary/aromatic N) is 1. The zero-order chi connectivity index (χ0) is 39.3. The summed E-state index contributed by atoms with van der Waals surface area (Å²) in [6.07, 6.45) is 0. The first kappa shape index (κ1) is 33.9. The molecule has 0 aliphatic heterocycles. The first-order chi connectivity index (χ1) is 29.0. The molecule has 0 aromatic heterocycles. The normalized spacial score (nSPS) is 14.2. The van der Waals surface area contributed by atoms with Gasteiger partial charge in [-0.3, -0.25) is 0 Å². The van der Waals surface area contributed by atoms with E-state index in [2.05, 4.69) is 231 Å². The summed E-state index contributed by atoms with van der Waals surface area (Å²) in [4.78, 5) is 2.55. The smallest absolute Gasteiger partial charge is 0.0746 e. The Morgan fingerprint density at radius 2 is 0.712 bits per heavy atom. The van der Waals surface area contributed by atoms with Crippen LogP contribution in [0.15, 0.2) is 212 Å². The van der Waals surface area contributed by atoms with Crippen molar-refractivity contribution in [2.24, 2.45) is 0 Å². The van der Waals surface area contributed by atoms with E-state index in [9.17, 15) is 0 Å². The molecule has 9 aromatic rings. The molecule has 278 valence electrons. The van der Waals surface area contributed by atoms with Crippen LogP contribution in [-0.4, -0.2) is 0 Å². The highest BCUT2D eigenvalue weighted by atomic mass is 15.1. The van der Waals surface area contributed by atoms with Gasteiger partial charge in [0.2, 0.25) is 0 Å². The lowest BCUT2D eigenvalue weighted by atomic mass is 9.69. The second-order valence-electron chi connectivity index (χ2n) is 16.8. The molecule has 0 atom stereocenters. The van der Waals surface area contributed by atoms with Gasteiger partial charge in [0.05, 0.1) is 11.1 Å². The van der Waals surface area contributed by atoms with Crippen LogP contribution in [0.3, 0.4) is 0 Å². The second kappa shape index (κ2) is 12.6.